The van der Waals surface area contributed by atoms with Crippen molar-refractivity contribution in [1.82, 2.24) is 4.72 Å². The topological polar surface area (TPSA) is 58.2 Å². The summed E-state index contributed by atoms with van der Waals surface area (Å²) in [6.45, 7) is 2.05. The van der Waals surface area contributed by atoms with E-state index in [1.807, 2.05) is 18.2 Å². The van der Waals surface area contributed by atoms with E-state index in [0.29, 0.717) is 5.02 Å². The van der Waals surface area contributed by atoms with Crippen LogP contribution in [-0.2, 0) is 10.0 Å². The van der Waals surface area contributed by atoms with E-state index in [4.69, 9.17) is 11.6 Å². The van der Waals surface area contributed by atoms with Crippen LogP contribution in [0.15, 0.2) is 53.4 Å². The molecule has 1 aliphatic carbocycles. The predicted octanol–water partition coefficient (Wildman–Crippen LogP) is 4.35. The quantitative estimate of drug-likeness (QED) is 0.813. The van der Waals surface area contributed by atoms with E-state index < -0.39 is 10.0 Å². The van der Waals surface area contributed by atoms with Gasteiger partial charge in [-0.3, -0.25) is 0 Å². The molecule has 25 heavy (non-hydrogen) atoms. The minimum atomic E-state index is -3.56. The molecular weight excluding hydrogens is 356 g/mol. The summed E-state index contributed by atoms with van der Waals surface area (Å²) in [6, 6.07) is 14.3. The maximum atomic E-state index is 12.7. The van der Waals surface area contributed by atoms with Crippen LogP contribution in [0.3, 0.4) is 0 Å². The summed E-state index contributed by atoms with van der Waals surface area (Å²) in [4.78, 5) is 0.247. The Morgan fingerprint density at radius 3 is 2.28 bits per heavy atom. The molecule has 4 nitrogen and oxygen atoms in total. The summed E-state index contributed by atoms with van der Waals surface area (Å²) < 4.78 is 28.3. The van der Waals surface area contributed by atoms with E-state index in [-0.39, 0.29) is 17.0 Å². The molecule has 0 aliphatic heterocycles. The Labute approximate surface area is 154 Å². The molecule has 0 amide bonds. The number of sulfonamides is 1. The molecule has 2 aromatic carbocycles. The minimum Gasteiger partial charge on any atom is -0.380 e. The summed E-state index contributed by atoms with van der Waals surface area (Å²) in [5, 5.41) is 4.06. The number of aryl methyl sites for hydroxylation is 1. The Morgan fingerprint density at radius 2 is 1.60 bits per heavy atom. The summed E-state index contributed by atoms with van der Waals surface area (Å²) >= 11 is 5.86. The SMILES string of the molecule is Cc1ccccc1N[C@@H]1CCCC[C@H]1NS(=O)(=O)c1ccc(Cl)cc1. The first-order chi connectivity index (χ1) is 12.0. The molecule has 0 unspecified atom stereocenters. The van der Waals surface area contributed by atoms with Gasteiger partial charge in [-0.25, -0.2) is 13.1 Å². The third-order valence-corrected chi connectivity index (χ3v) is 6.44. The Balaban J connectivity index is 1.77. The fraction of sp³-hybridized carbons (Fsp3) is 0.368. The summed E-state index contributed by atoms with van der Waals surface area (Å²) in [5.74, 6) is 0. The van der Waals surface area contributed by atoms with Gasteiger partial charge in [-0.2, -0.15) is 0 Å². The first kappa shape index (κ1) is 18.2. The second-order valence-corrected chi connectivity index (χ2v) is 8.68. The molecule has 0 bridgehead atoms. The maximum absolute atomic E-state index is 12.7. The second kappa shape index (κ2) is 7.77. The second-order valence-electron chi connectivity index (χ2n) is 6.53. The number of nitrogens with one attached hydrogen (secondary N) is 2. The van der Waals surface area contributed by atoms with E-state index in [9.17, 15) is 8.42 Å². The van der Waals surface area contributed by atoms with E-state index in [2.05, 4.69) is 23.0 Å². The smallest absolute Gasteiger partial charge is 0.240 e. The Kier molecular flexibility index (Phi) is 5.67. The molecule has 1 fully saturated rings. The molecule has 1 saturated carbocycles. The summed E-state index contributed by atoms with van der Waals surface area (Å²) in [5.41, 5.74) is 2.22. The average molecular weight is 379 g/mol. The van der Waals surface area contributed by atoms with Crippen LogP contribution < -0.4 is 10.0 Å². The predicted molar refractivity (Wildman–Crippen MR) is 103 cm³/mol. The molecule has 2 N–H and O–H groups in total. The lowest BCUT2D eigenvalue weighted by Crippen LogP contribution is -2.48. The Bertz CT molecular complexity index is 822. The molecule has 2 atom stereocenters. The number of para-hydroxylation sites is 1. The zero-order valence-corrected chi connectivity index (χ0v) is 15.8. The molecule has 0 saturated heterocycles. The van der Waals surface area contributed by atoms with Gasteiger partial charge in [0.05, 0.1) is 4.90 Å². The van der Waals surface area contributed by atoms with Crippen LogP contribution in [0.25, 0.3) is 0 Å². The van der Waals surface area contributed by atoms with Crippen molar-refractivity contribution in [2.24, 2.45) is 0 Å². The highest BCUT2D eigenvalue weighted by molar-refractivity contribution is 7.89. The standard InChI is InChI=1S/C19H23ClN2O2S/c1-14-6-2-3-7-17(14)21-18-8-4-5-9-19(18)22-25(23,24)16-12-10-15(20)11-13-16/h2-3,6-7,10-13,18-19,21-22H,4-5,8-9H2,1H3/t18-,19-/m1/s1. The lowest BCUT2D eigenvalue weighted by atomic mass is 9.90. The largest absolute Gasteiger partial charge is 0.380 e. The van der Waals surface area contributed by atoms with Gasteiger partial charge in [0.2, 0.25) is 10.0 Å². The van der Waals surface area contributed by atoms with Crippen LogP contribution in [0.2, 0.25) is 5.02 Å². The summed E-state index contributed by atoms with van der Waals surface area (Å²) in [6.07, 6.45) is 3.90. The molecule has 1 aliphatic rings. The van der Waals surface area contributed by atoms with Crippen molar-refractivity contribution in [2.45, 2.75) is 49.6 Å². The van der Waals surface area contributed by atoms with Gasteiger partial charge in [0, 0.05) is 22.8 Å². The monoisotopic (exact) mass is 378 g/mol. The van der Waals surface area contributed by atoms with Crippen molar-refractivity contribution < 1.29 is 8.42 Å². The number of hydrogen-bond donors (Lipinski definition) is 2. The van der Waals surface area contributed by atoms with Gasteiger partial charge in [0.25, 0.3) is 0 Å². The van der Waals surface area contributed by atoms with Gasteiger partial charge in [-0.05, 0) is 55.7 Å². The van der Waals surface area contributed by atoms with E-state index in [0.717, 1.165) is 36.9 Å². The lowest BCUT2D eigenvalue weighted by Gasteiger charge is -2.33. The number of halogens is 1. The molecule has 0 spiro atoms. The maximum Gasteiger partial charge on any atom is 0.240 e. The van der Waals surface area contributed by atoms with Gasteiger partial charge in [-0.1, -0.05) is 42.6 Å². The van der Waals surface area contributed by atoms with Gasteiger partial charge in [0.1, 0.15) is 0 Å². The lowest BCUT2D eigenvalue weighted by molar-refractivity contribution is 0.378. The highest BCUT2D eigenvalue weighted by Crippen LogP contribution is 2.25. The fourth-order valence-electron chi connectivity index (χ4n) is 3.26. The van der Waals surface area contributed by atoms with Crippen molar-refractivity contribution >= 4 is 27.3 Å². The van der Waals surface area contributed by atoms with Crippen LogP contribution in [0.4, 0.5) is 5.69 Å². The van der Waals surface area contributed by atoms with E-state index in [1.165, 1.54) is 12.1 Å². The Hall–Kier alpha value is -1.56. The van der Waals surface area contributed by atoms with Gasteiger partial charge in [-0.15, -0.1) is 0 Å². The van der Waals surface area contributed by atoms with Gasteiger partial charge in [0.15, 0.2) is 0 Å². The van der Waals surface area contributed by atoms with E-state index in [1.54, 1.807) is 12.1 Å². The van der Waals surface area contributed by atoms with Crippen LogP contribution in [0.5, 0.6) is 0 Å². The molecular formula is C19H23ClN2O2S. The first-order valence-electron chi connectivity index (χ1n) is 8.56. The normalized spacial score (nSPS) is 21.0. The summed E-state index contributed by atoms with van der Waals surface area (Å²) in [7, 11) is -3.56. The number of rotatable bonds is 5. The third-order valence-electron chi connectivity index (χ3n) is 4.68. The average Bonchev–Trinajstić information content (AvgIpc) is 2.59. The highest BCUT2D eigenvalue weighted by Gasteiger charge is 2.29. The molecule has 2 aromatic rings. The van der Waals surface area contributed by atoms with Crippen molar-refractivity contribution in [1.29, 1.82) is 0 Å². The molecule has 6 heteroatoms. The minimum absolute atomic E-state index is 0.0805. The molecule has 3 rings (SSSR count). The molecule has 0 aromatic heterocycles. The van der Waals surface area contributed by atoms with Crippen LogP contribution >= 0.6 is 11.6 Å². The first-order valence-corrected chi connectivity index (χ1v) is 10.4. The van der Waals surface area contributed by atoms with Crippen molar-refractivity contribution in [3.8, 4) is 0 Å². The molecule has 134 valence electrons. The van der Waals surface area contributed by atoms with Crippen LogP contribution in [0, 0.1) is 6.92 Å². The van der Waals surface area contributed by atoms with Gasteiger partial charge >= 0.3 is 0 Å². The Morgan fingerprint density at radius 1 is 0.960 bits per heavy atom. The molecule has 0 radical (unpaired) electrons. The highest BCUT2D eigenvalue weighted by atomic mass is 35.5. The van der Waals surface area contributed by atoms with Crippen molar-refractivity contribution in [3.05, 3.63) is 59.1 Å². The number of anilines is 1. The van der Waals surface area contributed by atoms with E-state index >= 15 is 0 Å². The van der Waals surface area contributed by atoms with Crippen LogP contribution in [-0.4, -0.2) is 20.5 Å². The van der Waals surface area contributed by atoms with Crippen LogP contribution in [0.1, 0.15) is 31.2 Å². The van der Waals surface area contributed by atoms with Gasteiger partial charge < -0.3 is 5.32 Å². The molecule has 0 heterocycles. The zero-order chi connectivity index (χ0) is 17.9. The van der Waals surface area contributed by atoms with Crippen molar-refractivity contribution in [2.75, 3.05) is 5.32 Å². The fourth-order valence-corrected chi connectivity index (χ4v) is 4.70. The number of benzene rings is 2. The van der Waals surface area contributed by atoms with Crippen molar-refractivity contribution in [3.63, 3.8) is 0 Å². The number of hydrogen-bond acceptors (Lipinski definition) is 3. The third kappa shape index (κ3) is 4.54. The zero-order valence-electron chi connectivity index (χ0n) is 14.2.